The maximum Gasteiger partial charge on any atom is 0.335 e. The minimum absolute atomic E-state index is 0.115. The van der Waals surface area contributed by atoms with Crippen LogP contribution in [0.25, 0.3) is 0 Å². The Morgan fingerprint density at radius 3 is 2.69 bits per heavy atom. The Hall–Kier alpha value is -1.49. The minimum atomic E-state index is -1.18. The lowest BCUT2D eigenvalue weighted by molar-refractivity contribution is -0.159. The standard InChI is InChI=1S/C16H28N4O5S/c1-11(21)15(22)25-12(9-17-16(2,3)4)10-24-14-13(18-26-19-14)20-5-7-23-8-6-20/h11-12,17,21H,5-10H2,1-4H3. The molecule has 2 N–H and O–H groups in total. The van der Waals surface area contributed by atoms with E-state index in [4.69, 9.17) is 14.2 Å². The summed E-state index contributed by atoms with van der Waals surface area (Å²) < 4.78 is 25.0. The van der Waals surface area contributed by atoms with Crippen molar-refractivity contribution in [1.82, 2.24) is 14.1 Å². The quantitative estimate of drug-likeness (QED) is 0.613. The SMILES string of the molecule is CC(O)C(=O)OC(CNC(C)(C)C)COc1nsnc1N1CCOCC1. The maximum atomic E-state index is 11.7. The summed E-state index contributed by atoms with van der Waals surface area (Å²) in [4.78, 5) is 13.8. The molecule has 0 radical (unpaired) electrons. The molecule has 2 atom stereocenters. The van der Waals surface area contributed by atoms with Gasteiger partial charge in [-0.2, -0.15) is 4.37 Å². The second kappa shape index (κ2) is 9.45. The Kier molecular flexibility index (Phi) is 7.56. The number of morpholine rings is 1. The van der Waals surface area contributed by atoms with E-state index < -0.39 is 18.2 Å². The van der Waals surface area contributed by atoms with Crippen molar-refractivity contribution in [3.63, 3.8) is 0 Å². The predicted molar refractivity (Wildman–Crippen MR) is 97.8 cm³/mol. The van der Waals surface area contributed by atoms with Crippen molar-refractivity contribution in [2.75, 3.05) is 44.4 Å². The first-order chi connectivity index (χ1) is 12.3. The zero-order valence-corrected chi connectivity index (χ0v) is 16.5. The Labute approximate surface area is 158 Å². The molecule has 1 aliphatic heterocycles. The molecule has 0 spiro atoms. The van der Waals surface area contributed by atoms with Gasteiger partial charge in [0.05, 0.1) is 24.9 Å². The number of esters is 1. The number of aliphatic hydroxyl groups is 1. The number of nitrogens with one attached hydrogen (secondary N) is 1. The summed E-state index contributed by atoms with van der Waals surface area (Å²) in [6.45, 7) is 10.7. The fraction of sp³-hybridized carbons (Fsp3) is 0.812. The summed E-state index contributed by atoms with van der Waals surface area (Å²) in [7, 11) is 0. The third-order valence-corrected chi connectivity index (χ3v) is 4.14. The van der Waals surface area contributed by atoms with Crippen LogP contribution in [0.4, 0.5) is 5.82 Å². The molecule has 148 valence electrons. The third kappa shape index (κ3) is 6.67. The van der Waals surface area contributed by atoms with Gasteiger partial charge in [-0.25, -0.2) is 4.79 Å². The molecular weight excluding hydrogens is 360 g/mol. The Balaban J connectivity index is 1.97. The lowest BCUT2D eigenvalue weighted by Crippen LogP contribution is -2.45. The number of hydrogen-bond donors (Lipinski definition) is 2. The molecule has 2 heterocycles. The highest BCUT2D eigenvalue weighted by Crippen LogP contribution is 2.26. The van der Waals surface area contributed by atoms with Crippen molar-refractivity contribution in [3.05, 3.63) is 0 Å². The van der Waals surface area contributed by atoms with E-state index in [0.29, 0.717) is 31.5 Å². The Morgan fingerprint density at radius 2 is 2.08 bits per heavy atom. The fourth-order valence-corrected chi connectivity index (χ4v) is 2.74. The summed E-state index contributed by atoms with van der Waals surface area (Å²) >= 11 is 1.08. The summed E-state index contributed by atoms with van der Waals surface area (Å²) in [5.74, 6) is 0.424. The largest absolute Gasteiger partial charge is 0.470 e. The highest BCUT2D eigenvalue weighted by Gasteiger charge is 2.24. The van der Waals surface area contributed by atoms with Gasteiger partial charge in [0.1, 0.15) is 18.8 Å². The van der Waals surface area contributed by atoms with Crippen molar-refractivity contribution < 1.29 is 24.1 Å². The van der Waals surface area contributed by atoms with Gasteiger partial charge < -0.3 is 29.5 Å². The van der Waals surface area contributed by atoms with Gasteiger partial charge in [0.25, 0.3) is 5.88 Å². The van der Waals surface area contributed by atoms with E-state index in [1.165, 1.54) is 6.92 Å². The molecule has 1 aromatic rings. The van der Waals surface area contributed by atoms with Gasteiger partial charge in [-0.3, -0.25) is 0 Å². The number of carbonyl (C=O) groups excluding carboxylic acids is 1. The molecule has 10 heteroatoms. The van der Waals surface area contributed by atoms with Crippen LogP contribution < -0.4 is 15.0 Å². The van der Waals surface area contributed by atoms with Gasteiger partial charge in [-0.05, 0) is 27.7 Å². The molecule has 0 aliphatic carbocycles. The minimum Gasteiger partial charge on any atom is -0.470 e. The average molecular weight is 388 g/mol. The van der Waals surface area contributed by atoms with Crippen LogP contribution in [0.5, 0.6) is 5.88 Å². The molecule has 1 saturated heterocycles. The number of anilines is 1. The Bertz CT molecular complexity index is 569. The number of rotatable bonds is 8. The van der Waals surface area contributed by atoms with E-state index in [1.807, 2.05) is 20.8 Å². The summed E-state index contributed by atoms with van der Waals surface area (Å²) in [6, 6.07) is 0. The van der Waals surface area contributed by atoms with Crippen LogP contribution in [-0.4, -0.2) is 77.0 Å². The van der Waals surface area contributed by atoms with E-state index in [0.717, 1.165) is 24.8 Å². The van der Waals surface area contributed by atoms with Crippen molar-refractivity contribution in [2.45, 2.75) is 45.4 Å². The van der Waals surface area contributed by atoms with Crippen LogP contribution in [0.15, 0.2) is 0 Å². The van der Waals surface area contributed by atoms with Gasteiger partial charge in [-0.1, -0.05) is 0 Å². The third-order valence-electron chi connectivity index (χ3n) is 3.64. The first kappa shape index (κ1) is 20.8. The maximum absolute atomic E-state index is 11.7. The van der Waals surface area contributed by atoms with Gasteiger partial charge in [0.15, 0.2) is 0 Å². The first-order valence-corrected chi connectivity index (χ1v) is 9.41. The molecular formula is C16H28N4O5S. The molecule has 0 amide bonds. The van der Waals surface area contributed by atoms with Crippen LogP contribution in [0.3, 0.4) is 0 Å². The van der Waals surface area contributed by atoms with Gasteiger partial charge >= 0.3 is 5.97 Å². The number of hydrogen-bond acceptors (Lipinski definition) is 10. The molecule has 1 aliphatic rings. The van der Waals surface area contributed by atoms with E-state index >= 15 is 0 Å². The highest BCUT2D eigenvalue weighted by atomic mass is 32.1. The molecule has 2 rings (SSSR count). The molecule has 26 heavy (non-hydrogen) atoms. The van der Waals surface area contributed by atoms with Crippen LogP contribution >= 0.6 is 11.7 Å². The van der Waals surface area contributed by atoms with Gasteiger partial charge in [0.2, 0.25) is 5.82 Å². The van der Waals surface area contributed by atoms with E-state index in [1.54, 1.807) is 0 Å². The number of aliphatic hydroxyl groups excluding tert-OH is 1. The van der Waals surface area contributed by atoms with Crippen LogP contribution in [0.2, 0.25) is 0 Å². The van der Waals surface area contributed by atoms with Gasteiger partial charge in [-0.15, -0.1) is 4.37 Å². The summed E-state index contributed by atoms with van der Waals surface area (Å²) in [6.07, 6.45) is -1.74. The fourth-order valence-electron chi connectivity index (χ4n) is 2.22. The molecule has 2 unspecified atom stereocenters. The van der Waals surface area contributed by atoms with Crippen LogP contribution in [0.1, 0.15) is 27.7 Å². The molecule has 1 aromatic heterocycles. The Morgan fingerprint density at radius 1 is 1.38 bits per heavy atom. The molecule has 9 nitrogen and oxygen atoms in total. The summed E-state index contributed by atoms with van der Waals surface area (Å²) in [5.41, 5.74) is -0.142. The van der Waals surface area contributed by atoms with Crippen molar-refractivity contribution in [1.29, 1.82) is 0 Å². The second-order valence-electron chi connectivity index (χ2n) is 7.17. The van der Waals surface area contributed by atoms with E-state index in [9.17, 15) is 9.90 Å². The van der Waals surface area contributed by atoms with Crippen molar-refractivity contribution in [3.8, 4) is 5.88 Å². The molecule has 0 saturated carbocycles. The molecule has 0 aromatic carbocycles. The lowest BCUT2D eigenvalue weighted by Gasteiger charge is -2.28. The zero-order valence-electron chi connectivity index (χ0n) is 15.7. The lowest BCUT2D eigenvalue weighted by atomic mass is 10.1. The predicted octanol–water partition coefficient (Wildman–Crippen LogP) is 0.434. The summed E-state index contributed by atoms with van der Waals surface area (Å²) in [5, 5.41) is 12.7. The number of ether oxygens (including phenoxy) is 3. The van der Waals surface area contributed by atoms with Crippen LogP contribution in [0, 0.1) is 0 Å². The van der Waals surface area contributed by atoms with E-state index in [2.05, 4.69) is 19.0 Å². The number of aromatic nitrogens is 2. The topological polar surface area (TPSA) is 106 Å². The molecule has 1 fully saturated rings. The first-order valence-electron chi connectivity index (χ1n) is 8.68. The van der Waals surface area contributed by atoms with Gasteiger partial charge in [0, 0.05) is 25.2 Å². The highest BCUT2D eigenvalue weighted by molar-refractivity contribution is 6.99. The molecule has 0 bridgehead atoms. The monoisotopic (exact) mass is 388 g/mol. The number of nitrogens with zero attached hydrogens (tertiary/aromatic N) is 3. The number of carbonyl (C=O) groups is 1. The average Bonchev–Trinajstić information content (AvgIpc) is 3.05. The van der Waals surface area contributed by atoms with Crippen molar-refractivity contribution in [2.24, 2.45) is 0 Å². The van der Waals surface area contributed by atoms with Crippen LogP contribution in [-0.2, 0) is 14.3 Å². The smallest absolute Gasteiger partial charge is 0.335 e. The zero-order chi connectivity index (χ0) is 19.2. The second-order valence-corrected chi connectivity index (χ2v) is 7.70. The van der Waals surface area contributed by atoms with E-state index in [-0.39, 0.29) is 12.1 Å². The van der Waals surface area contributed by atoms with Crippen molar-refractivity contribution >= 4 is 23.5 Å². The normalized spacial score (nSPS) is 17.7.